The lowest BCUT2D eigenvalue weighted by Gasteiger charge is -2.21. The van der Waals surface area contributed by atoms with Gasteiger partial charge in [0.05, 0.1) is 5.69 Å². The van der Waals surface area contributed by atoms with Crippen LogP contribution >= 0.6 is 0 Å². The number of benzene rings is 1. The van der Waals surface area contributed by atoms with Crippen molar-refractivity contribution in [2.75, 3.05) is 24.6 Å². The van der Waals surface area contributed by atoms with Gasteiger partial charge in [0.2, 0.25) is 0 Å². The number of carbonyl (C=O) groups is 1. The van der Waals surface area contributed by atoms with E-state index in [4.69, 9.17) is 5.11 Å². The van der Waals surface area contributed by atoms with Crippen LogP contribution in [-0.4, -0.2) is 31.1 Å². The second kappa shape index (κ2) is 5.27. The van der Waals surface area contributed by atoms with Gasteiger partial charge in [-0.2, -0.15) is 0 Å². The summed E-state index contributed by atoms with van der Waals surface area (Å²) in [5, 5.41) is 8.89. The van der Waals surface area contributed by atoms with Crippen LogP contribution in [0.1, 0.15) is 23.2 Å². The second-order valence-electron chi connectivity index (χ2n) is 4.41. The maximum absolute atomic E-state index is 13.8. The van der Waals surface area contributed by atoms with Crippen molar-refractivity contribution in [3.8, 4) is 0 Å². The van der Waals surface area contributed by atoms with Crippen LogP contribution in [0, 0.1) is 11.7 Å². The molecule has 1 heterocycles. The number of carbonyl (C=O) groups excluding carboxylic acids is 1. The van der Waals surface area contributed by atoms with E-state index in [-0.39, 0.29) is 12.4 Å². The summed E-state index contributed by atoms with van der Waals surface area (Å²) >= 11 is 0. The number of nitrogens with zero attached hydrogens (tertiary/aromatic N) is 1. The molecule has 0 spiro atoms. The highest BCUT2D eigenvalue weighted by Gasteiger charge is 2.25. The molecule has 17 heavy (non-hydrogen) atoms. The Morgan fingerprint density at radius 2 is 2.35 bits per heavy atom. The molecule has 0 radical (unpaired) electrons. The lowest BCUT2D eigenvalue weighted by Crippen LogP contribution is -2.22. The molecule has 1 aromatic carbocycles. The SMILES string of the molecule is O=Cc1cccc(F)c1N1CCC(CCO)C1. The first-order valence-corrected chi connectivity index (χ1v) is 5.85. The van der Waals surface area contributed by atoms with E-state index in [1.807, 2.05) is 4.90 Å². The van der Waals surface area contributed by atoms with Crippen molar-refractivity contribution in [1.82, 2.24) is 0 Å². The molecule has 0 bridgehead atoms. The lowest BCUT2D eigenvalue weighted by molar-refractivity contribution is 0.112. The van der Waals surface area contributed by atoms with Gasteiger partial charge in [-0.3, -0.25) is 4.79 Å². The predicted octanol–water partition coefficient (Wildman–Crippen LogP) is 1.85. The van der Waals surface area contributed by atoms with E-state index < -0.39 is 0 Å². The van der Waals surface area contributed by atoms with Crippen molar-refractivity contribution in [1.29, 1.82) is 0 Å². The minimum absolute atomic E-state index is 0.163. The Labute approximate surface area is 99.9 Å². The van der Waals surface area contributed by atoms with Gasteiger partial charge < -0.3 is 10.0 Å². The molecule has 1 saturated heterocycles. The maximum Gasteiger partial charge on any atom is 0.152 e. The molecule has 0 aromatic heterocycles. The highest BCUT2D eigenvalue weighted by atomic mass is 19.1. The van der Waals surface area contributed by atoms with Gasteiger partial charge >= 0.3 is 0 Å². The molecule has 1 N–H and O–H groups in total. The minimum Gasteiger partial charge on any atom is -0.396 e. The molecule has 0 saturated carbocycles. The monoisotopic (exact) mass is 237 g/mol. The third kappa shape index (κ3) is 2.47. The third-order valence-electron chi connectivity index (χ3n) is 3.28. The zero-order valence-electron chi connectivity index (χ0n) is 9.60. The van der Waals surface area contributed by atoms with Crippen molar-refractivity contribution in [3.05, 3.63) is 29.6 Å². The fourth-order valence-corrected chi connectivity index (χ4v) is 2.41. The average molecular weight is 237 g/mol. The molecule has 0 aliphatic carbocycles. The number of halogens is 1. The van der Waals surface area contributed by atoms with Gasteiger partial charge in [0.15, 0.2) is 6.29 Å². The van der Waals surface area contributed by atoms with Gasteiger partial charge in [0.1, 0.15) is 5.82 Å². The minimum atomic E-state index is -0.348. The van der Waals surface area contributed by atoms with Crippen LogP contribution in [0.5, 0.6) is 0 Å². The molecule has 1 unspecified atom stereocenters. The maximum atomic E-state index is 13.8. The Hall–Kier alpha value is -1.42. The molecule has 1 atom stereocenters. The topological polar surface area (TPSA) is 40.5 Å². The number of hydrogen-bond acceptors (Lipinski definition) is 3. The van der Waals surface area contributed by atoms with Crippen molar-refractivity contribution in [2.24, 2.45) is 5.92 Å². The molecule has 1 aliphatic rings. The fourth-order valence-electron chi connectivity index (χ4n) is 2.41. The first kappa shape index (κ1) is 12.0. The van der Waals surface area contributed by atoms with Gasteiger partial charge in [0.25, 0.3) is 0 Å². The zero-order chi connectivity index (χ0) is 12.3. The Morgan fingerprint density at radius 1 is 1.53 bits per heavy atom. The number of anilines is 1. The number of aliphatic hydroxyl groups is 1. The van der Waals surface area contributed by atoms with Crippen molar-refractivity contribution in [3.63, 3.8) is 0 Å². The first-order chi connectivity index (χ1) is 8.26. The normalized spacial score (nSPS) is 19.6. The van der Waals surface area contributed by atoms with E-state index in [1.54, 1.807) is 12.1 Å². The molecule has 1 fully saturated rings. The quantitative estimate of drug-likeness (QED) is 0.812. The first-order valence-electron chi connectivity index (χ1n) is 5.85. The molecular weight excluding hydrogens is 221 g/mol. The van der Waals surface area contributed by atoms with Gasteiger partial charge in [-0.15, -0.1) is 0 Å². The molecule has 3 nitrogen and oxygen atoms in total. The van der Waals surface area contributed by atoms with E-state index in [2.05, 4.69) is 0 Å². The molecule has 4 heteroatoms. The third-order valence-corrected chi connectivity index (χ3v) is 3.28. The van der Waals surface area contributed by atoms with Crippen LogP contribution in [0.15, 0.2) is 18.2 Å². The number of aldehydes is 1. The standard InChI is InChI=1S/C13H16FNO2/c14-12-3-1-2-11(9-17)13(12)15-6-4-10(8-15)5-7-16/h1-3,9-10,16H,4-8H2. The van der Waals surface area contributed by atoms with E-state index >= 15 is 0 Å². The molecular formula is C13H16FNO2. The second-order valence-corrected chi connectivity index (χ2v) is 4.41. The van der Waals surface area contributed by atoms with Crippen LogP contribution in [0.2, 0.25) is 0 Å². The molecule has 92 valence electrons. The molecule has 1 aromatic rings. The van der Waals surface area contributed by atoms with Gasteiger partial charge in [-0.05, 0) is 30.9 Å². The largest absolute Gasteiger partial charge is 0.396 e. The highest BCUT2D eigenvalue weighted by Crippen LogP contribution is 2.29. The van der Waals surface area contributed by atoms with Gasteiger partial charge in [0, 0.05) is 25.3 Å². The molecule has 2 rings (SSSR count). The summed E-state index contributed by atoms with van der Waals surface area (Å²) in [6.07, 6.45) is 2.37. The summed E-state index contributed by atoms with van der Waals surface area (Å²) in [5.41, 5.74) is 0.803. The van der Waals surface area contributed by atoms with Crippen LogP contribution in [-0.2, 0) is 0 Å². The van der Waals surface area contributed by atoms with Crippen molar-refractivity contribution in [2.45, 2.75) is 12.8 Å². The van der Waals surface area contributed by atoms with E-state index in [0.717, 1.165) is 19.4 Å². The molecule has 0 amide bonds. The van der Waals surface area contributed by atoms with E-state index in [1.165, 1.54) is 6.07 Å². The van der Waals surface area contributed by atoms with Gasteiger partial charge in [-0.1, -0.05) is 6.07 Å². The zero-order valence-corrected chi connectivity index (χ0v) is 9.60. The number of rotatable bonds is 4. The van der Waals surface area contributed by atoms with Gasteiger partial charge in [-0.25, -0.2) is 4.39 Å². The predicted molar refractivity (Wildman–Crippen MR) is 63.8 cm³/mol. The summed E-state index contributed by atoms with van der Waals surface area (Å²) in [5.74, 6) is 0.0401. The van der Waals surface area contributed by atoms with Crippen LogP contribution in [0.3, 0.4) is 0 Å². The summed E-state index contributed by atoms with van der Waals surface area (Å²) in [6, 6.07) is 4.55. The Balaban J connectivity index is 2.21. The summed E-state index contributed by atoms with van der Waals surface area (Å²) in [7, 11) is 0. The van der Waals surface area contributed by atoms with Crippen LogP contribution in [0.25, 0.3) is 0 Å². The van der Waals surface area contributed by atoms with E-state index in [9.17, 15) is 9.18 Å². The summed E-state index contributed by atoms with van der Waals surface area (Å²) < 4.78 is 13.8. The van der Waals surface area contributed by atoms with E-state index in [0.29, 0.717) is 30.0 Å². The Bertz CT molecular complexity index is 408. The lowest BCUT2D eigenvalue weighted by atomic mass is 10.1. The van der Waals surface area contributed by atoms with Crippen LogP contribution in [0.4, 0.5) is 10.1 Å². The highest BCUT2D eigenvalue weighted by molar-refractivity contribution is 5.84. The Morgan fingerprint density at radius 3 is 3.06 bits per heavy atom. The van der Waals surface area contributed by atoms with Crippen LogP contribution < -0.4 is 4.90 Å². The van der Waals surface area contributed by atoms with Crippen molar-refractivity contribution < 1.29 is 14.3 Å². The number of para-hydroxylation sites is 1. The number of aliphatic hydroxyl groups excluding tert-OH is 1. The number of hydrogen-bond donors (Lipinski definition) is 1. The Kier molecular flexibility index (Phi) is 3.74. The average Bonchev–Trinajstić information content (AvgIpc) is 2.77. The smallest absolute Gasteiger partial charge is 0.152 e. The summed E-state index contributed by atoms with van der Waals surface area (Å²) in [6.45, 7) is 1.62. The van der Waals surface area contributed by atoms with Crippen molar-refractivity contribution >= 4 is 12.0 Å². The molecule has 1 aliphatic heterocycles. The summed E-state index contributed by atoms with van der Waals surface area (Å²) in [4.78, 5) is 12.8. The fraction of sp³-hybridized carbons (Fsp3) is 0.462.